The molecule has 0 bridgehead atoms. The molecule has 2 aromatic rings. The van der Waals surface area contributed by atoms with Crippen molar-refractivity contribution in [1.29, 1.82) is 0 Å². The number of nitrogens with zero attached hydrogens (tertiary/aromatic N) is 4. The average Bonchev–Trinajstić information content (AvgIpc) is 2.97. The molecule has 1 fully saturated rings. The Balaban J connectivity index is 2.15. The molecular weight excluding hydrogens is 326 g/mol. The van der Waals surface area contributed by atoms with Crippen LogP contribution < -0.4 is 16.6 Å². The molecule has 138 valence electrons. The normalized spacial score (nSPS) is 17.1. The van der Waals surface area contributed by atoms with E-state index in [1.807, 2.05) is 0 Å². The van der Waals surface area contributed by atoms with Gasteiger partial charge in [0.1, 0.15) is 0 Å². The third-order valence-electron chi connectivity index (χ3n) is 4.89. The van der Waals surface area contributed by atoms with Crippen molar-refractivity contribution in [3.05, 3.63) is 20.8 Å². The maximum absolute atomic E-state index is 12.6. The fourth-order valence-electron chi connectivity index (χ4n) is 3.43. The van der Waals surface area contributed by atoms with Gasteiger partial charge in [-0.15, -0.1) is 0 Å². The van der Waals surface area contributed by atoms with Crippen molar-refractivity contribution in [3.8, 4) is 0 Å². The van der Waals surface area contributed by atoms with Crippen LogP contribution in [0.3, 0.4) is 0 Å². The van der Waals surface area contributed by atoms with E-state index >= 15 is 0 Å². The SMILES string of the molecule is Cn1c(=O)c2c(nc(NC3CCCCC3)n2CC(O)CO)n(C)c1=O. The van der Waals surface area contributed by atoms with Crippen LogP contribution in [0.1, 0.15) is 32.1 Å². The Bertz CT molecular complexity index is 875. The molecule has 9 heteroatoms. The van der Waals surface area contributed by atoms with E-state index in [4.69, 9.17) is 0 Å². The first-order valence-corrected chi connectivity index (χ1v) is 8.65. The number of imidazole rings is 1. The third kappa shape index (κ3) is 3.21. The summed E-state index contributed by atoms with van der Waals surface area (Å²) in [5.41, 5.74) is -0.395. The quantitative estimate of drug-likeness (QED) is 0.671. The monoisotopic (exact) mass is 351 g/mol. The summed E-state index contributed by atoms with van der Waals surface area (Å²) in [6.45, 7) is -0.399. The van der Waals surface area contributed by atoms with Gasteiger partial charge in [-0.3, -0.25) is 13.9 Å². The summed E-state index contributed by atoms with van der Waals surface area (Å²) in [6.07, 6.45) is 4.50. The Kier molecular flexibility index (Phi) is 4.96. The Hall–Kier alpha value is -2.13. The molecule has 0 radical (unpaired) electrons. The van der Waals surface area contributed by atoms with Gasteiger partial charge >= 0.3 is 5.69 Å². The van der Waals surface area contributed by atoms with E-state index in [-0.39, 0.29) is 23.8 Å². The molecule has 3 N–H and O–H groups in total. The molecule has 1 aliphatic carbocycles. The fraction of sp³-hybridized carbons (Fsp3) is 0.688. The molecule has 1 atom stereocenters. The first-order valence-electron chi connectivity index (χ1n) is 8.65. The van der Waals surface area contributed by atoms with Gasteiger partial charge < -0.3 is 20.1 Å². The summed E-state index contributed by atoms with van der Waals surface area (Å²) in [6, 6.07) is 0.247. The van der Waals surface area contributed by atoms with Crippen molar-refractivity contribution in [2.45, 2.75) is 50.8 Å². The van der Waals surface area contributed by atoms with Crippen LogP contribution >= 0.6 is 0 Å². The lowest BCUT2D eigenvalue weighted by atomic mass is 9.96. The highest BCUT2D eigenvalue weighted by atomic mass is 16.3. The summed E-state index contributed by atoms with van der Waals surface area (Å²) in [4.78, 5) is 29.2. The van der Waals surface area contributed by atoms with Gasteiger partial charge in [0.05, 0.1) is 19.3 Å². The molecular formula is C16H25N5O4. The fourth-order valence-corrected chi connectivity index (χ4v) is 3.43. The zero-order chi connectivity index (χ0) is 18.1. The molecule has 0 aromatic carbocycles. The number of aliphatic hydroxyl groups excluding tert-OH is 2. The van der Waals surface area contributed by atoms with Crippen molar-refractivity contribution in [1.82, 2.24) is 18.7 Å². The zero-order valence-corrected chi connectivity index (χ0v) is 14.6. The van der Waals surface area contributed by atoms with E-state index < -0.39 is 24.0 Å². The largest absolute Gasteiger partial charge is 0.394 e. The summed E-state index contributed by atoms with van der Waals surface area (Å²) >= 11 is 0. The molecule has 9 nitrogen and oxygen atoms in total. The number of aliphatic hydroxyl groups is 2. The van der Waals surface area contributed by atoms with E-state index in [9.17, 15) is 19.8 Å². The number of rotatable bonds is 5. The summed E-state index contributed by atoms with van der Waals surface area (Å²) in [7, 11) is 2.98. The zero-order valence-electron chi connectivity index (χ0n) is 14.6. The smallest absolute Gasteiger partial charge is 0.332 e. The minimum Gasteiger partial charge on any atom is -0.394 e. The molecule has 2 heterocycles. The lowest BCUT2D eigenvalue weighted by Crippen LogP contribution is -2.38. The molecule has 0 spiro atoms. The highest BCUT2D eigenvalue weighted by molar-refractivity contribution is 5.74. The molecule has 0 saturated heterocycles. The Morgan fingerprint density at radius 1 is 1.20 bits per heavy atom. The van der Waals surface area contributed by atoms with E-state index in [0.717, 1.165) is 30.3 Å². The molecule has 1 saturated carbocycles. The van der Waals surface area contributed by atoms with Crippen LogP contribution in [-0.4, -0.2) is 47.7 Å². The van der Waals surface area contributed by atoms with Crippen LogP contribution in [0.15, 0.2) is 9.59 Å². The van der Waals surface area contributed by atoms with Crippen molar-refractivity contribution < 1.29 is 10.2 Å². The highest BCUT2D eigenvalue weighted by Gasteiger charge is 2.23. The standard InChI is InChI=1S/C16H25N5O4/c1-19-13-12(14(24)20(2)16(19)25)21(8-11(23)9-22)15(18-13)17-10-6-4-3-5-7-10/h10-11,22-23H,3-9H2,1-2H3,(H,17,18). The van der Waals surface area contributed by atoms with Crippen LogP contribution in [0.5, 0.6) is 0 Å². The molecule has 2 aromatic heterocycles. The number of aromatic nitrogens is 4. The number of nitrogens with one attached hydrogen (secondary N) is 1. The van der Waals surface area contributed by atoms with Gasteiger partial charge in [-0.25, -0.2) is 4.79 Å². The minimum absolute atomic E-state index is 0.0233. The molecule has 1 unspecified atom stereocenters. The van der Waals surface area contributed by atoms with E-state index in [0.29, 0.717) is 5.95 Å². The van der Waals surface area contributed by atoms with Crippen molar-refractivity contribution in [2.24, 2.45) is 14.1 Å². The predicted molar refractivity (Wildman–Crippen MR) is 93.8 cm³/mol. The van der Waals surface area contributed by atoms with E-state index in [1.165, 1.54) is 18.0 Å². The van der Waals surface area contributed by atoms with Gasteiger partial charge in [-0.1, -0.05) is 19.3 Å². The number of fused-ring (bicyclic) bond motifs is 1. The first-order chi connectivity index (χ1) is 11.9. The maximum atomic E-state index is 12.6. The number of aryl methyl sites for hydroxylation is 1. The first kappa shape index (κ1) is 17.7. The molecule has 1 aliphatic rings. The van der Waals surface area contributed by atoms with Crippen LogP contribution in [0, 0.1) is 0 Å². The lowest BCUT2D eigenvalue weighted by molar-refractivity contribution is 0.0824. The number of anilines is 1. The van der Waals surface area contributed by atoms with Gasteiger partial charge in [0.2, 0.25) is 5.95 Å². The molecule has 3 rings (SSSR count). The van der Waals surface area contributed by atoms with E-state index in [2.05, 4.69) is 10.3 Å². The highest BCUT2D eigenvalue weighted by Crippen LogP contribution is 2.23. The second kappa shape index (κ2) is 7.01. The number of hydrogen-bond donors (Lipinski definition) is 3. The maximum Gasteiger partial charge on any atom is 0.332 e. The number of hydrogen-bond acceptors (Lipinski definition) is 6. The van der Waals surface area contributed by atoms with E-state index in [1.54, 1.807) is 11.6 Å². The second-order valence-electron chi connectivity index (χ2n) is 6.74. The predicted octanol–water partition coefficient (Wildman–Crippen LogP) is -0.468. The topological polar surface area (TPSA) is 114 Å². The summed E-state index contributed by atoms with van der Waals surface area (Å²) < 4.78 is 3.92. The summed E-state index contributed by atoms with van der Waals surface area (Å²) in [5, 5.41) is 22.5. The summed E-state index contributed by atoms with van der Waals surface area (Å²) in [5.74, 6) is 0.452. The van der Waals surface area contributed by atoms with Crippen molar-refractivity contribution >= 4 is 17.1 Å². The van der Waals surface area contributed by atoms with Crippen molar-refractivity contribution in [2.75, 3.05) is 11.9 Å². The van der Waals surface area contributed by atoms with Gasteiger partial charge in [0.25, 0.3) is 5.56 Å². The molecule has 0 amide bonds. The van der Waals surface area contributed by atoms with Gasteiger partial charge in [-0.2, -0.15) is 4.98 Å². The Labute approximate surface area is 144 Å². The third-order valence-corrected chi connectivity index (χ3v) is 4.89. The van der Waals surface area contributed by atoms with Gasteiger partial charge in [0, 0.05) is 20.1 Å². The van der Waals surface area contributed by atoms with Gasteiger partial charge in [-0.05, 0) is 12.8 Å². The van der Waals surface area contributed by atoms with Crippen LogP contribution in [0.25, 0.3) is 11.2 Å². The average molecular weight is 351 g/mol. The van der Waals surface area contributed by atoms with Crippen LogP contribution in [-0.2, 0) is 20.6 Å². The Morgan fingerprint density at radius 2 is 1.88 bits per heavy atom. The lowest BCUT2D eigenvalue weighted by Gasteiger charge is -2.24. The second-order valence-corrected chi connectivity index (χ2v) is 6.74. The minimum atomic E-state index is -1.02. The van der Waals surface area contributed by atoms with Crippen LogP contribution in [0.4, 0.5) is 5.95 Å². The van der Waals surface area contributed by atoms with Crippen molar-refractivity contribution in [3.63, 3.8) is 0 Å². The van der Waals surface area contributed by atoms with Gasteiger partial charge in [0.15, 0.2) is 11.2 Å². The Morgan fingerprint density at radius 3 is 2.52 bits per heavy atom. The van der Waals surface area contributed by atoms with Crippen LogP contribution in [0.2, 0.25) is 0 Å². The molecule has 0 aliphatic heterocycles. The molecule has 25 heavy (non-hydrogen) atoms.